The van der Waals surface area contributed by atoms with E-state index in [0.29, 0.717) is 16.4 Å². The van der Waals surface area contributed by atoms with Gasteiger partial charge < -0.3 is 5.32 Å². The van der Waals surface area contributed by atoms with Gasteiger partial charge in [0, 0.05) is 16.1 Å². The molecule has 5 aromatic rings. The molecule has 0 unspecified atom stereocenters. The van der Waals surface area contributed by atoms with Crippen LogP contribution in [0.5, 0.6) is 0 Å². The van der Waals surface area contributed by atoms with Crippen LogP contribution in [0.15, 0.2) is 125 Å². The summed E-state index contributed by atoms with van der Waals surface area (Å²) < 4.78 is 56.9. The number of fused-ring (bicyclic) bond motifs is 1. The molecule has 0 fully saturated rings. The summed E-state index contributed by atoms with van der Waals surface area (Å²) in [7, 11) is -8.02. The molecule has 0 saturated heterocycles. The van der Waals surface area contributed by atoms with Crippen LogP contribution < -0.4 is 14.3 Å². The first-order valence-corrected chi connectivity index (χ1v) is 16.1. The number of sulfonamides is 2. The summed E-state index contributed by atoms with van der Waals surface area (Å²) in [5.74, 6) is -0.620. The van der Waals surface area contributed by atoms with Crippen molar-refractivity contribution in [3.8, 4) is 0 Å². The first-order chi connectivity index (χ1) is 20.0. The van der Waals surface area contributed by atoms with Crippen molar-refractivity contribution in [3.05, 3.63) is 126 Å². The van der Waals surface area contributed by atoms with Crippen LogP contribution in [0.25, 0.3) is 10.8 Å². The Morgan fingerprint density at radius 1 is 0.738 bits per heavy atom. The van der Waals surface area contributed by atoms with E-state index in [0.717, 1.165) is 20.6 Å². The maximum absolute atomic E-state index is 13.5. The Labute approximate surface area is 249 Å². The fourth-order valence-electron chi connectivity index (χ4n) is 4.33. The minimum absolute atomic E-state index is 0.00169. The molecule has 11 heteroatoms. The molecule has 5 aromatic carbocycles. The van der Waals surface area contributed by atoms with Crippen LogP contribution in [-0.2, 0) is 24.8 Å². The van der Waals surface area contributed by atoms with E-state index < -0.39 is 32.5 Å². The Hall–Kier alpha value is -4.38. The van der Waals surface area contributed by atoms with Crippen molar-refractivity contribution in [2.75, 3.05) is 20.9 Å². The number of amides is 1. The number of aryl methyl sites for hydroxylation is 1. The first-order valence-electron chi connectivity index (χ1n) is 12.8. The molecule has 0 aliphatic carbocycles. The quantitative estimate of drug-likeness (QED) is 0.197. The first kappa shape index (κ1) is 29.1. The zero-order valence-corrected chi connectivity index (χ0v) is 24.7. The Balaban J connectivity index is 1.34. The standard InChI is InChI=1S/C31H26ClN3O5S2/c1-22-9-17-28(18-10-22)42(39,40)35(26-15-11-24(32)12-16-26)21-31(36)33-25-13-19-27(20-14-25)41(37,38)34-30-8-4-6-23-5-2-3-7-29(23)30/h2-20,34H,21H2,1H3,(H,33,36). The monoisotopic (exact) mass is 619 g/mol. The lowest BCUT2D eigenvalue weighted by Crippen LogP contribution is -2.38. The highest BCUT2D eigenvalue weighted by molar-refractivity contribution is 7.93. The van der Waals surface area contributed by atoms with Crippen molar-refractivity contribution in [1.29, 1.82) is 0 Å². The van der Waals surface area contributed by atoms with Gasteiger partial charge in [0.25, 0.3) is 20.0 Å². The third-order valence-electron chi connectivity index (χ3n) is 6.49. The van der Waals surface area contributed by atoms with E-state index in [4.69, 9.17) is 11.6 Å². The highest BCUT2D eigenvalue weighted by atomic mass is 35.5. The minimum atomic E-state index is -4.10. The smallest absolute Gasteiger partial charge is 0.264 e. The zero-order valence-electron chi connectivity index (χ0n) is 22.4. The van der Waals surface area contributed by atoms with Gasteiger partial charge in [-0.1, -0.05) is 65.7 Å². The van der Waals surface area contributed by atoms with Crippen LogP contribution in [0, 0.1) is 6.92 Å². The summed E-state index contributed by atoms with van der Waals surface area (Å²) >= 11 is 6.00. The van der Waals surface area contributed by atoms with E-state index >= 15 is 0 Å². The zero-order chi connectivity index (χ0) is 29.9. The number of hydrogen-bond donors (Lipinski definition) is 2. The number of hydrogen-bond acceptors (Lipinski definition) is 5. The number of carbonyl (C=O) groups is 1. The molecule has 1 amide bonds. The molecule has 0 aromatic heterocycles. The van der Waals surface area contributed by atoms with Crippen LogP contribution in [0.1, 0.15) is 5.56 Å². The summed E-state index contributed by atoms with van der Waals surface area (Å²) in [5.41, 5.74) is 1.90. The number of nitrogens with zero attached hydrogens (tertiary/aromatic N) is 1. The molecule has 214 valence electrons. The number of anilines is 3. The average molecular weight is 620 g/mol. The van der Waals surface area contributed by atoms with Crippen molar-refractivity contribution in [2.24, 2.45) is 0 Å². The van der Waals surface area contributed by atoms with Gasteiger partial charge in [-0.05, 0) is 79.0 Å². The molecule has 42 heavy (non-hydrogen) atoms. The Kier molecular flexibility index (Phi) is 8.22. The average Bonchev–Trinajstić information content (AvgIpc) is 2.97. The number of carbonyl (C=O) groups excluding carboxylic acids is 1. The maximum Gasteiger partial charge on any atom is 0.264 e. The third kappa shape index (κ3) is 6.41. The van der Waals surface area contributed by atoms with Gasteiger partial charge >= 0.3 is 0 Å². The van der Waals surface area contributed by atoms with Gasteiger partial charge in [-0.2, -0.15) is 0 Å². The normalized spacial score (nSPS) is 11.7. The summed E-state index contributed by atoms with van der Waals surface area (Å²) in [6.07, 6.45) is 0. The van der Waals surface area contributed by atoms with E-state index in [1.165, 1.54) is 60.7 Å². The van der Waals surface area contributed by atoms with Crippen LogP contribution in [-0.4, -0.2) is 29.3 Å². The molecule has 8 nitrogen and oxygen atoms in total. The molecule has 0 radical (unpaired) electrons. The van der Waals surface area contributed by atoms with Crippen molar-refractivity contribution in [3.63, 3.8) is 0 Å². The van der Waals surface area contributed by atoms with E-state index in [2.05, 4.69) is 10.0 Å². The van der Waals surface area contributed by atoms with Crippen molar-refractivity contribution in [1.82, 2.24) is 0 Å². The van der Waals surface area contributed by atoms with Gasteiger partial charge in [0.1, 0.15) is 6.54 Å². The topological polar surface area (TPSA) is 113 Å². The summed E-state index contributed by atoms with van der Waals surface area (Å²) in [6.45, 7) is 1.32. The lowest BCUT2D eigenvalue weighted by Gasteiger charge is -2.24. The van der Waals surface area contributed by atoms with E-state index in [-0.39, 0.29) is 15.5 Å². The molecule has 5 rings (SSSR count). The van der Waals surface area contributed by atoms with Crippen LogP contribution in [0.4, 0.5) is 17.1 Å². The van der Waals surface area contributed by atoms with E-state index in [1.807, 2.05) is 37.3 Å². The molecule has 0 spiro atoms. The van der Waals surface area contributed by atoms with Crippen LogP contribution in [0.2, 0.25) is 5.02 Å². The number of benzene rings is 5. The van der Waals surface area contributed by atoms with Crippen LogP contribution in [0.3, 0.4) is 0 Å². The largest absolute Gasteiger partial charge is 0.325 e. The third-order valence-corrected chi connectivity index (χ3v) is 9.91. The molecular weight excluding hydrogens is 594 g/mol. The second-order valence-electron chi connectivity index (χ2n) is 9.51. The van der Waals surface area contributed by atoms with E-state index in [1.54, 1.807) is 24.3 Å². The molecule has 0 saturated carbocycles. The second-order valence-corrected chi connectivity index (χ2v) is 13.5. The van der Waals surface area contributed by atoms with Gasteiger partial charge in [0.05, 0.1) is 21.2 Å². The van der Waals surface area contributed by atoms with Crippen LogP contribution >= 0.6 is 11.6 Å². The molecule has 0 bridgehead atoms. The SMILES string of the molecule is Cc1ccc(S(=O)(=O)N(CC(=O)Nc2ccc(S(=O)(=O)Nc3cccc4ccccc34)cc2)c2ccc(Cl)cc2)cc1. The predicted molar refractivity (Wildman–Crippen MR) is 167 cm³/mol. The van der Waals surface area contributed by atoms with Gasteiger partial charge in [-0.25, -0.2) is 16.8 Å². The minimum Gasteiger partial charge on any atom is -0.325 e. The summed E-state index contributed by atoms with van der Waals surface area (Å²) in [5, 5.41) is 4.73. The molecule has 0 heterocycles. The Morgan fingerprint density at radius 2 is 1.36 bits per heavy atom. The molecule has 0 aliphatic heterocycles. The van der Waals surface area contributed by atoms with Crippen molar-refractivity contribution in [2.45, 2.75) is 16.7 Å². The lowest BCUT2D eigenvalue weighted by molar-refractivity contribution is -0.114. The fourth-order valence-corrected chi connectivity index (χ4v) is 6.95. The molecule has 0 atom stereocenters. The van der Waals surface area contributed by atoms with Gasteiger partial charge in [0.15, 0.2) is 0 Å². The highest BCUT2D eigenvalue weighted by Gasteiger charge is 2.27. The molecule has 2 N–H and O–H groups in total. The number of nitrogens with one attached hydrogen (secondary N) is 2. The van der Waals surface area contributed by atoms with Gasteiger partial charge in [0.2, 0.25) is 5.91 Å². The predicted octanol–water partition coefficient (Wildman–Crippen LogP) is 6.44. The maximum atomic E-state index is 13.5. The van der Waals surface area contributed by atoms with E-state index in [9.17, 15) is 21.6 Å². The number of halogens is 1. The van der Waals surface area contributed by atoms with Gasteiger partial charge in [-0.15, -0.1) is 0 Å². The second kappa shape index (κ2) is 11.8. The van der Waals surface area contributed by atoms with Crippen molar-refractivity contribution < 1.29 is 21.6 Å². The van der Waals surface area contributed by atoms with Crippen molar-refractivity contribution >= 4 is 65.4 Å². The summed E-state index contributed by atoms with van der Waals surface area (Å²) in [6, 6.07) is 30.8. The molecular formula is C31H26ClN3O5S2. The Bertz CT molecular complexity index is 1960. The van der Waals surface area contributed by atoms with Gasteiger partial charge in [-0.3, -0.25) is 13.8 Å². The Morgan fingerprint density at radius 3 is 2.05 bits per heavy atom. The lowest BCUT2D eigenvalue weighted by atomic mass is 10.1. The summed E-state index contributed by atoms with van der Waals surface area (Å²) in [4.78, 5) is 13.1. The fraction of sp³-hybridized carbons (Fsp3) is 0.0645. The highest BCUT2D eigenvalue weighted by Crippen LogP contribution is 2.27. The molecule has 0 aliphatic rings. The number of rotatable bonds is 9.